The van der Waals surface area contributed by atoms with Gasteiger partial charge in [-0.1, -0.05) is 25.4 Å². The summed E-state index contributed by atoms with van der Waals surface area (Å²) in [4.78, 5) is 11.6. The van der Waals surface area contributed by atoms with E-state index in [0.29, 0.717) is 16.5 Å². The van der Waals surface area contributed by atoms with Crippen LogP contribution in [-0.4, -0.2) is 13.0 Å². The first kappa shape index (κ1) is 12.8. The predicted molar refractivity (Wildman–Crippen MR) is 66.1 cm³/mol. The van der Waals surface area contributed by atoms with Gasteiger partial charge in [0.15, 0.2) is 0 Å². The molecule has 1 aromatic carbocycles. The van der Waals surface area contributed by atoms with Gasteiger partial charge in [-0.2, -0.15) is 0 Å². The number of ether oxygens (including phenoxy) is 1. The Morgan fingerprint density at radius 1 is 1.56 bits per heavy atom. The average Bonchev–Trinajstić information content (AvgIpc) is 2.30. The summed E-state index contributed by atoms with van der Waals surface area (Å²) in [6.45, 7) is 3.85. The van der Waals surface area contributed by atoms with Gasteiger partial charge in [-0.3, -0.25) is 4.79 Å². The van der Waals surface area contributed by atoms with Crippen LogP contribution in [0.15, 0.2) is 18.2 Å². The molecule has 0 radical (unpaired) electrons. The Labute approximate surface area is 101 Å². The standard InChI is InChI=1S/C12H16ClNO2/c1-4-8(2)12(15)14-11-6-5-9(16-3)7-10(11)13/h5-8H,4H2,1-3H3,(H,14,15). The zero-order valence-corrected chi connectivity index (χ0v) is 10.5. The maximum atomic E-state index is 11.6. The second-order valence-electron chi connectivity index (χ2n) is 3.64. The molecule has 0 aliphatic heterocycles. The topological polar surface area (TPSA) is 38.3 Å². The average molecular weight is 242 g/mol. The van der Waals surface area contributed by atoms with E-state index in [2.05, 4.69) is 5.32 Å². The van der Waals surface area contributed by atoms with Crippen LogP contribution in [0.5, 0.6) is 5.75 Å². The number of carbonyl (C=O) groups is 1. The number of halogens is 1. The highest BCUT2D eigenvalue weighted by atomic mass is 35.5. The summed E-state index contributed by atoms with van der Waals surface area (Å²) in [5.41, 5.74) is 0.618. The number of anilines is 1. The van der Waals surface area contributed by atoms with Crippen molar-refractivity contribution in [3.05, 3.63) is 23.2 Å². The Kier molecular flexibility index (Phi) is 4.62. The molecule has 0 heterocycles. The van der Waals surface area contributed by atoms with Crippen molar-refractivity contribution in [2.45, 2.75) is 20.3 Å². The van der Waals surface area contributed by atoms with Crippen LogP contribution in [0.1, 0.15) is 20.3 Å². The third-order valence-electron chi connectivity index (χ3n) is 2.49. The number of hydrogen-bond donors (Lipinski definition) is 1. The van der Waals surface area contributed by atoms with E-state index < -0.39 is 0 Å². The van der Waals surface area contributed by atoms with Gasteiger partial charge in [-0.15, -0.1) is 0 Å². The fourth-order valence-electron chi connectivity index (χ4n) is 1.17. The molecule has 0 fully saturated rings. The maximum absolute atomic E-state index is 11.6. The van der Waals surface area contributed by atoms with Crippen LogP contribution in [0.2, 0.25) is 5.02 Å². The van der Waals surface area contributed by atoms with Crippen LogP contribution < -0.4 is 10.1 Å². The summed E-state index contributed by atoms with van der Waals surface area (Å²) >= 11 is 6.01. The first-order valence-electron chi connectivity index (χ1n) is 5.22. The highest BCUT2D eigenvalue weighted by Gasteiger charge is 2.12. The van der Waals surface area contributed by atoms with Gasteiger partial charge in [0.05, 0.1) is 17.8 Å². The van der Waals surface area contributed by atoms with Crippen molar-refractivity contribution in [1.29, 1.82) is 0 Å². The normalized spacial score (nSPS) is 12.0. The van der Waals surface area contributed by atoms with Crippen molar-refractivity contribution in [2.24, 2.45) is 5.92 Å². The Balaban J connectivity index is 2.78. The van der Waals surface area contributed by atoms with E-state index in [9.17, 15) is 4.79 Å². The molecule has 1 atom stereocenters. The molecule has 0 aliphatic rings. The van der Waals surface area contributed by atoms with E-state index in [1.807, 2.05) is 13.8 Å². The van der Waals surface area contributed by atoms with E-state index in [-0.39, 0.29) is 11.8 Å². The van der Waals surface area contributed by atoms with Crippen molar-refractivity contribution in [1.82, 2.24) is 0 Å². The fraction of sp³-hybridized carbons (Fsp3) is 0.417. The number of methoxy groups -OCH3 is 1. The molecule has 0 aromatic heterocycles. The van der Waals surface area contributed by atoms with Crippen LogP contribution in [0, 0.1) is 5.92 Å². The maximum Gasteiger partial charge on any atom is 0.227 e. The van der Waals surface area contributed by atoms with Gasteiger partial charge < -0.3 is 10.1 Å². The lowest BCUT2D eigenvalue weighted by Gasteiger charge is -2.11. The molecule has 4 heteroatoms. The minimum Gasteiger partial charge on any atom is -0.497 e. The minimum absolute atomic E-state index is 0.0156. The van der Waals surface area contributed by atoms with Gasteiger partial charge in [0.25, 0.3) is 0 Å². The summed E-state index contributed by atoms with van der Waals surface area (Å²) in [5, 5.41) is 3.27. The Morgan fingerprint density at radius 3 is 2.75 bits per heavy atom. The quantitative estimate of drug-likeness (QED) is 0.878. The molecule has 16 heavy (non-hydrogen) atoms. The molecule has 1 aromatic rings. The lowest BCUT2D eigenvalue weighted by atomic mass is 10.1. The van der Waals surface area contributed by atoms with Crippen LogP contribution in [-0.2, 0) is 4.79 Å². The van der Waals surface area contributed by atoms with Gasteiger partial charge in [-0.25, -0.2) is 0 Å². The van der Waals surface area contributed by atoms with Crippen molar-refractivity contribution < 1.29 is 9.53 Å². The van der Waals surface area contributed by atoms with E-state index in [0.717, 1.165) is 6.42 Å². The van der Waals surface area contributed by atoms with Crippen LogP contribution >= 0.6 is 11.6 Å². The lowest BCUT2D eigenvalue weighted by molar-refractivity contribution is -0.119. The molecule has 3 nitrogen and oxygen atoms in total. The Bertz CT molecular complexity index is 379. The van der Waals surface area contributed by atoms with Gasteiger partial charge >= 0.3 is 0 Å². The van der Waals surface area contributed by atoms with Crippen molar-refractivity contribution in [2.75, 3.05) is 12.4 Å². The highest BCUT2D eigenvalue weighted by Crippen LogP contribution is 2.27. The molecule has 0 spiro atoms. The van der Waals surface area contributed by atoms with E-state index in [1.54, 1.807) is 25.3 Å². The van der Waals surface area contributed by atoms with E-state index >= 15 is 0 Å². The SMILES string of the molecule is CCC(C)C(=O)Nc1ccc(OC)cc1Cl. The highest BCUT2D eigenvalue weighted by molar-refractivity contribution is 6.33. The molecule has 1 amide bonds. The zero-order valence-electron chi connectivity index (χ0n) is 9.71. The minimum atomic E-state index is -0.0189. The molecule has 0 bridgehead atoms. The largest absolute Gasteiger partial charge is 0.497 e. The van der Waals surface area contributed by atoms with E-state index in [1.165, 1.54) is 0 Å². The number of carbonyl (C=O) groups excluding carboxylic acids is 1. The summed E-state index contributed by atoms with van der Waals surface area (Å²) in [5.74, 6) is 0.638. The van der Waals surface area contributed by atoms with Gasteiger partial charge in [0.2, 0.25) is 5.91 Å². The zero-order chi connectivity index (χ0) is 12.1. The molecule has 1 rings (SSSR count). The summed E-state index contributed by atoms with van der Waals surface area (Å²) in [6, 6.07) is 5.17. The second-order valence-corrected chi connectivity index (χ2v) is 4.05. The molecular weight excluding hydrogens is 226 g/mol. The van der Waals surface area contributed by atoms with Gasteiger partial charge in [-0.05, 0) is 18.6 Å². The van der Waals surface area contributed by atoms with Crippen LogP contribution in [0.4, 0.5) is 5.69 Å². The van der Waals surface area contributed by atoms with Crippen molar-refractivity contribution in [3.8, 4) is 5.75 Å². The number of benzene rings is 1. The summed E-state index contributed by atoms with van der Waals surface area (Å²) in [7, 11) is 1.57. The lowest BCUT2D eigenvalue weighted by Crippen LogP contribution is -2.19. The predicted octanol–water partition coefficient (Wildman–Crippen LogP) is 3.33. The molecule has 1 N–H and O–H groups in total. The summed E-state index contributed by atoms with van der Waals surface area (Å²) < 4.78 is 5.03. The molecular formula is C12H16ClNO2. The second kappa shape index (κ2) is 5.75. The molecule has 0 saturated heterocycles. The fourth-order valence-corrected chi connectivity index (χ4v) is 1.38. The third kappa shape index (κ3) is 3.14. The van der Waals surface area contributed by atoms with E-state index in [4.69, 9.17) is 16.3 Å². The van der Waals surface area contributed by atoms with Crippen LogP contribution in [0.3, 0.4) is 0 Å². The number of amides is 1. The smallest absolute Gasteiger partial charge is 0.227 e. The molecule has 0 saturated carbocycles. The molecule has 1 unspecified atom stereocenters. The third-order valence-corrected chi connectivity index (χ3v) is 2.81. The van der Waals surface area contributed by atoms with Crippen LogP contribution in [0.25, 0.3) is 0 Å². The van der Waals surface area contributed by atoms with Gasteiger partial charge in [0, 0.05) is 12.0 Å². The first-order chi connectivity index (χ1) is 7.58. The molecule has 88 valence electrons. The number of hydrogen-bond acceptors (Lipinski definition) is 2. The Hall–Kier alpha value is -1.22. The van der Waals surface area contributed by atoms with Crippen molar-refractivity contribution >= 4 is 23.2 Å². The Morgan fingerprint density at radius 2 is 2.25 bits per heavy atom. The summed E-state index contributed by atoms with van der Waals surface area (Å²) in [6.07, 6.45) is 0.805. The first-order valence-corrected chi connectivity index (χ1v) is 5.60. The van der Waals surface area contributed by atoms with Crippen molar-refractivity contribution in [3.63, 3.8) is 0 Å². The number of rotatable bonds is 4. The number of nitrogens with one attached hydrogen (secondary N) is 1. The van der Waals surface area contributed by atoms with Gasteiger partial charge in [0.1, 0.15) is 5.75 Å². The monoisotopic (exact) mass is 241 g/mol. The molecule has 0 aliphatic carbocycles.